The molecule has 0 radical (unpaired) electrons. The average molecular weight is 562 g/mol. The van der Waals surface area contributed by atoms with E-state index in [1.807, 2.05) is 0 Å². The second kappa shape index (κ2) is 13.0. The van der Waals surface area contributed by atoms with Gasteiger partial charge in [-0.05, 0) is 120 Å². The van der Waals surface area contributed by atoms with Gasteiger partial charge in [0.2, 0.25) is 0 Å². The fourth-order valence-electron chi connectivity index (χ4n) is 7.10. The second-order valence-corrected chi connectivity index (χ2v) is 10.9. The number of nitrogens with zero attached hydrogens (tertiary/aromatic N) is 2. The molecule has 210 valence electrons. The first-order valence-corrected chi connectivity index (χ1v) is 15.7. The molecule has 41 heavy (non-hydrogen) atoms. The van der Waals surface area contributed by atoms with Crippen molar-refractivity contribution in [3.63, 3.8) is 0 Å². The molecule has 8 bridgehead atoms. The molecule has 3 aromatic heterocycles. The van der Waals surface area contributed by atoms with E-state index in [-0.39, 0.29) is 17.4 Å². The fraction of sp³-hybridized carbons (Fsp3) is 0.444. The molecule has 0 unspecified atom stereocenters. The summed E-state index contributed by atoms with van der Waals surface area (Å²) >= 11 is 0. The zero-order chi connectivity index (χ0) is 28.6. The summed E-state index contributed by atoms with van der Waals surface area (Å²) < 4.78 is 0. The Morgan fingerprint density at radius 1 is 0.390 bits per heavy atom. The smallest absolute Gasteiger partial charge is 0.355 e. The minimum absolute atomic E-state index is 0. The van der Waals surface area contributed by atoms with Gasteiger partial charge in [0.25, 0.3) is 0 Å². The molecule has 0 amide bonds. The Kier molecular flexibility index (Phi) is 9.83. The van der Waals surface area contributed by atoms with Gasteiger partial charge in [0, 0.05) is 22.1 Å². The first kappa shape index (κ1) is 31.1. The van der Waals surface area contributed by atoms with E-state index >= 15 is 0 Å². The maximum Gasteiger partial charge on any atom is 3.00 e. The molecule has 5 rings (SSSR count). The molecule has 5 heterocycles. The van der Waals surface area contributed by atoms with Crippen LogP contribution in [0.4, 0.5) is 0 Å². The van der Waals surface area contributed by atoms with Crippen molar-refractivity contribution in [1.82, 2.24) is 19.9 Å². The minimum atomic E-state index is 0. The molecule has 4 nitrogen and oxygen atoms in total. The van der Waals surface area contributed by atoms with Crippen molar-refractivity contribution < 1.29 is 0 Å². The molecule has 0 aromatic carbocycles. The molecule has 3 aromatic rings. The topological polar surface area (TPSA) is 57.4 Å². The molecule has 0 saturated carbocycles. The molecule has 0 saturated heterocycles. The molecule has 2 aliphatic rings. The summed E-state index contributed by atoms with van der Waals surface area (Å²) in [6.07, 6.45) is 7.84. The van der Waals surface area contributed by atoms with Crippen LogP contribution in [0.3, 0.4) is 0 Å². The molecule has 5 heteroatoms. The van der Waals surface area contributed by atoms with Crippen molar-refractivity contribution in [1.29, 1.82) is 0 Å². The van der Waals surface area contributed by atoms with Crippen molar-refractivity contribution >= 4 is 61.7 Å². The van der Waals surface area contributed by atoms with Crippen molar-refractivity contribution in [2.75, 3.05) is 0 Å². The molecule has 2 N–H and O–H groups in total. The summed E-state index contributed by atoms with van der Waals surface area (Å²) in [7, 11) is 0. The number of nitrogens with one attached hydrogen (secondary N) is 2. The molecule has 0 fully saturated rings. The van der Waals surface area contributed by atoms with Gasteiger partial charge in [-0.15, -0.1) is 0 Å². The largest absolute Gasteiger partial charge is 3.00 e. The van der Waals surface area contributed by atoms with Gasteiger partial charge in [-0.2, -0.15) is 0 Å². The van der Waals surface area contributed by atoms with Crippen LogP contribution >= 0.6 is 0 Å². The number of aromatic nitrogens is 4. The number of allylic oxidation sites excluding steroid dienone is 4. The van der Waals surface area contributed by atoms with Gasteiger partial charge in [-0.25, -0.2) is 9.97 Å². The average Bonchev–Trinajstić information content (AvgIpc) is 3.67. The van der Waals surface area contributed by atoms with Gasteiger partial charge < -0.3 is 9.97 Å². The zero-order valence-corrected chi connectivity index (χ0v) is 27.6. The van der Waals surface area contributed by atoms with E-state index in [0.29, 0.717) is 0 Å². The third kappa shape index (κ3) is 5.28. The molecule has 0 atom stereocenters. The van der Waals surface area contributed by atoms with Crippen LogP contribution in [0, 0.1) is 0 Å². The Labute approximate surface area is 257 Å². The van der Waals surface area contributed by atoms with Crippen LogP contribution in [0.1, 0.15) is 126 Å². The van der Waals surface area contributed by atoms with Crippen LogP contribution in [0.25, 0.3) is 44.4 Å². The van der Waals surface area contributed by atoms with E-state index < -0.39 is 0 Å². The van der Waals surface area contributed by atoms with Gasteiger partial charge in [0.05, 0.1) is 22.8 Å². The quantitative estimate of drug-likeness (QED) is 0.269. The summed E-state index contributed by atoms with van der Waals surface area (Å²) in [6, 6.07) is 9.24. The van der Waals surface area contributed by atoms with E-state index in [2.05, 4.69) is 89.6 Å². The predicted octanol–water partition coefficient (Wildman–Crippen LogP) is 9.65. The van der Waals surface area contributed by atoms with Crippen LogP contribution < -0.4 is 0 Å². The number of hydrogen-bond donors (Lipinski definition) is 2. The summed E-state index contributed by atoms with van der Waals surface area (Å²) in [5.41, 5.74) is 20.2. The van der Waals surface area contributed by atoms with Crippen molar-refractivity contribution in [2.45, 2.75) is 107 Å². The maximum absolute atomic E-state index is 5.28. The normalized spacial score (nSPS) is 13.3. The van der Waals surface area contributed by atoms with Crippen molar-refractivity contribution in [3.05, 3.63) is 69.3 Å². The Balaban J connectivity index is 0.00000387. The molecular formula is C36H46AlN4+3. The van der Waals surface area contributed by atoms with Gasteiger partial charge in [0.1, 0.15) is 0 Å². The number of hydrogen-bond acceptors (Lipinski definition) is 2. The van der Waals surface area contributed by atoms with Crippen molar-refractivity contribution in [3.8, 4) is 0 Å². The molecular weight excluding hydrogens is 515 g/mol. The van der Waals surface area contributed by atoms with E-state index in [1.165, 1.54) is 66.6 Å². The number of aryl methyl sites for hydroxylation is 4. The van der Waals surface area contributed by atoms with Crippen LogP contribution in [-0.4, -0.2) is 37.3 Å². The number of fused-ring (bicyclic) bond motifs is 8. The third-order valence-electron chi connectivity index (χ3n) is 8.97. The van der Waals surface area contributed by atoms with Gasteiger partial charge >= 0.3 is 17.4 Å². The molecule has 0 aliphatic carbocycles. The Bertz CT molecular complexity index is 1560. The van der Waals surface area contributed by atoms with Crippen LogP contribution in [0.2, 0.25) is 0 Å². The summed E-state index contributed by atoms with van der Waals surface area (Å²) in [5.74, 6) is 0. The predicted molar refractivity (Wildman–Crippen MR) is 179 cm³/mol. The molecule has 0 spiro atoms. The fourth-order valence-corrected chi connectivity index (χ4v) is 7.10. The van der Waals surface area contributed by atoms with Crippen LogP contribution in [0.5, 0.6) is 0 Å². The zero-order valence-electron chi connectivity index (χ0n) is 26.4. The first-order chi connectivity index (χ1) is 19.5. The first-order valence-electron chi connectivity index (χ1n) is 15.7. The van der Waals surface area contributed by atoms with Gasteiger partial charge in [0.15, 0.2) is 0 Å². The van der Waals surface area contributed by atoms with Crippen molar-refractivity contribution in [2.24, 2.45) is 0 Å². The molecule has 2 aliphatic heterocycles. The van der Waals surface area contributed by atoms with Crippen LogP contribution in [-0.2, 0) is 25.7 Å². The summed E-state index contributed by atoms with van der Waals surface area (Å²) in [4.78, 5) is 18.2. The summed E-state index contributed by atoms with van der Waals surface area (Å²) in [5, 5.41) is 0. The Hall–Kier alpha value is -2.87. The maximum atomic E-state index is 5.28. The van der Waals surface area contributed by atoms with Gasteiger partial charge in [-0.1, -0.05) is 55.4 Å². The number of aromatic amines is 2. The van der Waals surface area contributed by atoms with E-state index in [1.54, 1.807) is 0 Å². The SMILES string of the molecule is CCC1=C(CC)c2cc3[nH]c(cc4[nH]c(cc5nc(cc1n2)C(CC)=C5CC)c(CC)c4CC)c(CC)c3CC.[Al+3]. The van der Waals surface area contributed by atoms with E-state index in [4.69, 9.17) is 9.97 Å². The Morgan fingerprint density at radius 2 is 0.659 bits per heavy atom. The number of H-pyrrole nitrogens is 2. The van der Waals surface area contributed by atoms with E-state index in [9.17, 15) is 0 Å². The monoisotopic (exact) mass is 561 g/mol. The van der Waals surface area contributed by atoms with Crippen LogP contribution in [0.15, 0.2) is 24.3 Å². The standard InChI is InChI=1S/C36H46N4.Al/c1-9-21-22(10-2)30-18-32-25(13-5)26(14-6)34(39-32)20-36-28(16-8)27(15-7)35(40-36)19-33-24(12-4)23(11-3)31(38-33)17-29(21)37-30;/h17-20,37-38H,9-16H2,1-8H3;/q;+3. The second-order valence-electron chi connectivity index (χ2n) is 10.9. The summed E-state index contributed by atoms with van der Waals surface area (Å²) in [6.45, 7) is 18.1. The minimum Gasteiger partial charge on any atom is -0.355 e. The Morgan fingerprint density at radius 3 is 0.927 bits per heavy atom. The van der Waals surface area contributed by atoms with Gasteiger partial charge in [-0.3, -0.25) is 0 Å². The van der Waals surface area contributed by atoms with E-state index in [0.717, 1.165) is 74.1 Å². The number of rotatable bonds is 8. The third-order valence-corrected chi connectivity index (χ3v) is 8.97.